The Morgan fingerprint density at radius 2 is 2.22 bits per heavy atom. The predicted octanol–water partition coefficient (Wildman–Crippen LogP) is 2.22. The first-order valence-electron chi connectivity index (χ1n) is 5.82. The van der Waals surface area contributed by atoms with Crippen LogP contribution in [0.25, 0.3) is 0 Å². The molecule has 96 valence electrons. The average Bonchev–Trinajstić information content (AvgIpc) is 2.75. The summed E-state index contributed by atoms with van der Waals surface area (Å²) in [6.45, 7) is 1.67. The summed E-state index contributed by atoms with van der Waals surface area (Å²) < 4.78 is 2.54. The summed E-state index contributed by atoms with van der Waals surface area (Å²) in [4.78, 5) is 0. The quantitative estimate of drug-likeness (QED) is 0.833. The lowest BCUT2D eigenvalue weighted by Gasteiger charge is -2.05. The number of nitrogens with one attached hydrogen (secondary N) is 1. The molecule has 0 saturated carbocycles. The molecule has 1 aromatic carbocycles. The number of aromatic nitrogens is 2. The van der Waals surface area contributed by atoms with E-state index in [-0.39, 0.29) is 5.75 Å². The maximum atomic E-state index is 9.39. The van der Waals surface area contributed by atoms with Crippen molar-refractivity contribution < 1.29 is 5.11 Å². The Morgan fingerprint density at radius 3 is 2.89 bits per heavy atom. The van der Waals surface area contributed by atoms with E-state index in [2.05, 4.69) is 26.3 Å². The van der Waals surface area contributed by atoms with Gasteiger partial charge in [0, 0.05) is 32.8 Å². The van der Waals surface area contributed by atoms with Crippen LogP contribution in [0.15, 0.2) is 34.9 Å². The Kier molecular flexibility index (Phi) is 4.38. The number of halogens is 1. The molecule has 0 amide bonds. The normalized spacial score (nSPS) is 10.8. The third-order valence-electron chi connectivity index (χ3n) is 2.67. The van der Waals surface area contributed by atoms with Crippen molar-refractivity contribution >= 4 is 15.9 Å². The van der Waals surface area contributed by atoms with Crippen LogP contribution in [0.1, 0.15) is 11.3 Å². The Morgan fingerprint density at radius 1 is 1.39 bits per heavy atom. The molecule has 1 heterocycles. The van der Waals surface area contributed by atoms with E-state index in [9.17, 15) is 5.11 Å². The molecule has 1 aromatic heterocycles. The maximum Gasteiger partial charge on any atom is 0.129 e. The van der Waals surface area contributed by atoms with Gasteiger partial charge in [0.05, 0.1) is 10.2 Å². The van der Waals surface area contributed by atoms with Crippen molar-refractivity contribution in [1.29, 1.82) is 0 Å². The zero-order chi connectivity index (χ0) is 13.0. The van der Waals surface area contributed by atoms with Crippen molar-refractivity contribution in [2.45, 2.75) is 13.0 Å². The van der Waals surface area contributed by atoms with E-state index in [1.54, 1.807) is 6.07 Å². The van der Waals surface area contributed by atoms with Crippen molar-refractivity contribution in [2.75, 3.05) is 6.54 Å². The van der Waals surface area contributed by atoms with Crippen molar-refractivity contribution in [3.05, 3.63) is 46.2 Å². The number of aromatic hydroxyl groups is 1. The molecule has 5 heteroatoms. The Hall–Kier alpha value is -1.33. The molecule has 0 spiro atoms. The number of benzene rings is 1. The summed E-state index contributed by atoms with van der Waals surface area (Å²) in [6.07, 6.45) is 2.87. The van der Waals surface area contributed by atoms with Gasteiger partial charge in [-0.15, -0.1) is 0 Å². The Balaban J connectivity index is 1.76. The minimum absolute atomic E-state index is 0.271. The van der Waals surface area contributed by atoms with Gasteiger partial charge >= 0.3 is 0 Å². The van der Waals surface area contributed by atoms with E-state index in [1.807, 2.05) is 36.1 Å². The Bertz CT molecular complexity index is 525. The molecule has 2 N–H and O–H groups in total. The van der Waals surface area contributed by atoms with Crippen molar-refractivity contribution in [2.24, 2.45) is 7.05 Å². The molecule has 0 radical (unpaired) electrons. The van der Waals surface area contributed by atoms with Gasteiger partial charge in [-0.05, 0) is 39.7 Å². The average molecular weight is 310 g/mol. The zero-order valence-corrected chi connectivity index (χ0v) is 11.8. The highest BCUT2D eigenvalue weighted by molar-refractivity contribution is 9.10. The SMILES string of the molecule is Cn1ccc(CCNCc2ccc(O)c(Br)c2)n1. The lowest BCUT2D eigenvalue weighted by molar-refractivity contribution is 0.471. The molecule has 2 rings (SSSR count). The van der Waals surface area contributed by atoms with E-state index in [0.717, 1.165) is 35.2 Å². The van der Waals surface area contributed by atoms with Gasteiger partial charge in [-0.2, -0.15) is 5.10 Å². The molecule has 0 aliphatic carbocycles. The molecule has 4 nitrogen and oxygen atoms in total. The van der Waals surface area contributed by atoms with Gasteiger partial charge in [0.15, 0.2) is 0 Å². The van der Waals surface area contributed by atoms with Gasteiger partial charge in [-0.3, -0.25) is 4.68 Å². The molecule has 0 saturated heterocycles. The van der Waals surface area contributed by atoms with Gasteiger partial charge in [0.25, 0.3) is 0 Å². The van der Waals surface area contributed by atoms with E-state index in [1.165, 1.54) is 0 Å². The number of nitrogens with zero attached hydrogens (tertiary/aromatic N) is 2. The molecule has 0 aliphatic heterocycles. The van der Waals surface area contributed by atoms with Crippen LogP contribution in [0.3, 0.4) is 0 Å². The summed E-state index contributed by atoms with van der Waals surface area (Å²) in [5.41, 5.74) is 2.23. The minimum atomic E-state index is 0.271. The second-order valence-corrected chi connectivity index (χ2v) is 5.05. The van der Waals surface area contributed by atoms with Crippen LogP contribution in [0.4, 0.5) is 0 Å². The number of phenolic OH excluding ortho intramolecular Hbond substituents is 1. The van der Waals surface area contributed by atoms with Gasteiger partial charge in [-0.25, -0.2) is 0 Å². The fourth-order valence-electron chi connectivity index (χ4n) is 1.71. The van der Waals surface area contributed by atoms with Crippen LogP contribution in [0, 0.1) is 0 Å². The second kappa shape index (κ2) is 6.02. The highest BCUT2D eigenvalue weighted by atomic mass is 79.9. The Labute approximate surface area is 115 Å². The first kappa shape index (κ1) is 13.1. The van der Waals surface area contributed by atoms with Crippen LogP contribution in [-0.4, -0.2) is 21.4 Å². The van der Waals surface area contributed by atoms with E-state index >= 15 is 0 Å². The highest BCUT2D eigenvalue weighted by Gasteiger charge is 2.00. The summed E-state index contributed by atoms with van der Waals surface area (Å²) in [5.74, 6) is 0.271. The maximum absolute atomic E-state index is 9.39. The van der Waals surface area contributed by atoms with Gasteiger partial charge in [0.2, 0.25) is 0 Å². The highest BCUT2D eigenvalue weighted by Crippen LogP contribution is 2.24. The van der Waals surface area contributed by atoms with Crippen LogP contribution in [0.5, 0.6) is 5.75 Å². The third kappa shape index (κ3) is 3.58. The smallest absolute Gasteiger partial charge is 0.129 e. The second-order valence-electron chi connectivity index (χ2n) is 4.19. The van der Waals surface area contributed by atoms with E-state index < -0.39 is 0 Å². The molecule has 0 bridgehead atoms. The van der Waals surface area contributed by atoms with Gasteiger partial charge < -0.3 is 10.4 Å². The van der Waals surface area contributed by atoms with Crippen LogP contribution >= 0.6 is 15.9 Å². The minimum Gasteiger partial charge on any atom is -0.507 e. The monoisotopic (exact) mass is 309 g/mol. The molecule has 2 aromatic rings. The van der Waals surface area contributed by atoms with Gasteiger partial charge in [-0.1, -0.05) is 6.07 Å². The molecule has 18 heavy (non-hydrogen) atoms. The van der Waals surface area contributed by atoms with Crippen LogP contribution in [-0.2, 0) is 20.0 Å². The molecule has 0 aliphatic rings. The first-order chi connectivity index (χ1) is 8.65. The van der Waals surface area contributed by atoms with E-state index in [0.29, 0.717) is 0 Å². The fourth-order valence-corrected chi connectivity index (χ4v) is 2.13. The molecule has 0 atom stereocenters. The van der Waals surface area contributed by atoms with Gasteiger partial charge in [0.1, 0.15) is 5.75 Å². The largest absolute Gasteiger partial charge is 0.507 e. The lowest BCUT2D eigenvalue weighted by Crippen LogP contribution is -2.16. The first-order valence-corrected chi connectivity index (χ1v) is 6.61. The summed E-state index contributed by atoms with van der Waals surface area (Å²) in [6, 6.07) is 7.55. The number of aryl methyl sites for hydroxylation is 1. The predicted molar refractivity (Wildman–Crippen MR) is 74.4 cm³/mol. The number of rotatable bonds is 5. The lowest BCUT2D eigenvalue weighted by atomic mass is 10.2. The standard InChI is InChI=1S/C13H16BrN3O/c1-17-7-5-11(16-17)4-6-15-9-10-2-3-13(18)12(14)8-10/h2-3,5,7-8,15,18H,4,6,9H2,1H3. The van der Waals surface area contributed by atoms with Crippen LogP contribution in [0.2, 0.25) is 0 Å². The molecule has 0 fully saturated rings. The summed E-state index contributed by atoms with van der Waals surface area (Å²) in [7, 11) is 1.92. The zero-order valence-electron chi connectivity index (χ0n) is 10.2. The fraction of sp³-hybridized carbons (Fsp3) is 0.308. The number of hydrogen-bond acceptors (Lipinski definition) is 3. The molecule has 0 unspecified atom stereocenters. The summed E-state index contributed by atoms with van der Waals surface area (Å²) in [5, 5.41) is 17.1. The third-order valence-corrected chi connectivity index (χ3v) is 3.30. The van der Waals surface area contributed by atoms with E-state index in [4.69, 9.17) is 0 Å². The van der Waals surface area contributed by atoms with Crippen LogP contribution < -0.4 is 5.32 Å². The summed E-state index contributed by atoms with van der Waals surface area (Å²) >= 11 is 3.30. The molecular weight excluding hydrogens is 294 g/mol. The van der Waals surface area contributed by atoms with Crippen molar-refractivity contribution in [1.82, 2.24) is 15.1 Å². The van der Waals surface area contributed by atoms with Crippen molar-refractivity contribution in [3.8, 4) is 5.75 Å². The number of phenols is 1. The molecular formula is C13H16BrN3O. The van der Waals surface area contributed by atoms with Crippen molar-refractivity contribution in [3.63, 3.8) is 0 Å². The topological polar surface area (TPSA) is 50.1 Å². The number of hydrogen-bond donors (Lipinski definition) is 2.